The Labute approximate surface area is 228 Å². The SMILES string of the molecule is CC(C)(C)Oc1ccc(C(c2ccc(OC(C)(C)C)cc2)c2ccc3cc(OC(C)(C)C)ccc3c2)cc1. The van der Waals surface area contributed by atoms with Crippen LogP contribution in [0.4, 0.5) is 0 Å². The van der Waals surface area contributed by atoms with Crippen molar-refractivity contribution in [2.75, 3.05) is 0 Å². The van der Waals surface area contributed by atoms with E-state index in [1.54, 1.807) is 0 Å². The van der Waals surface area contributed by atoms with Crippen molar-refractivity contribution in [2.24, 2.45) is 0 Å². The molecule has 0 heterocycles. The summed E-state index contributed by atoms with van der Waals surface area (Å²) in [5, 5.41) is 2.35. The molecule has 3 heteroatoms. The molecule has 0 aromatic heterocycles. The molecule has 38 heavy (non-hydrogen) atoms. The van der Waals surface area contributed by atoms with Crippen LogP contribution in [-0.4, -0.2) is 16.8 Å². The highest BCUT2D eigenvalue weighted by molar-refractivity contribution is 5.85. The largest absolute Gasteiger partial charge is 0.488 e. The van der Waals surface area contributed by atoms with E-state index in [-0.39, 0.29) is 22.7 Å². The maximum atomic E-state index is 6.09. The zero-order valence-electron chi connectivity index (χ0n) is 24.4. The van der Waals surface area contributed by atoms with E-state index < -0.39 is 0 Å². The Kier molecular flexibility index (Phi) is 7.52. The van der Waals surface area contributed by atoms with Crippen molar-refractivity contribution < 1.29 is 14.2 Å². The van der Waals surface area contributed by atoms with Crippen molar-refractivity contribution >= 4 is 10.8 Å². The van der Waals surface area contributed by atoms with E-state index in [9.17, 15) is 0 Å². The molecule has 0 saturated carbocycles. The highest BCUT2D eigenvalue weighted by Crippen LogP contribution is 2.36. The van der Waals surface area contributed by atoms with Crippen LogP contribution in [0.15, 0.2) is 84.9 Å². The Morgan fingerprint density at radius 3 is 1.18 bits per heavy atom. The minimum absolute atomic E-state index is 0.0669. The van der Waals surface area contributed by atoms with Crippen LogP contribution < -0.4 is 14.2 Å². The second-order valence-electron chi connectivity index (χ2n) is 13.0. The number of rotatable bonds is 6. The van der Waals surface area contributed by atoms with Crippen molar-refractivity contribution in [3.63, 3.8) is 0 Å². The summed E-state index contributed by atoms with van der Waals surface area (Å²) in [6.45, 7) is 18.6. The molecule has 0 N–H and O–H groups in total. The topological polar surface area (TPSA) is 27.7 Å². The summed E-state index contributed by atoms with van der Waals surface area (Å²) in [6, 6.07) is 30.0. The summed E-state index contributed by atoms with van der Waals surface area (Å²) in [7, 11) is 0. The lowest BCUT2D eigenvalue weighted by molar-refractivity contribution is 0.130. The van der Waals surface area contributed by atoms with Gasteiger partial charge in [-0.25, -0.2) is 0 Å². The van der Waals surface area contributed by atoms with Crippen LogP contribution in [0, 0.1) is 0 Å². The van der Waals surface area contributed by atoms with Crippen LogP contribution in [0.2, 0.25) is 0 Å². The number of fused-ring (bicyclic) bond motifs is 1. The molecule has 0 radical (unpaired) electrons. The lowest BCUT2D eigenvalue weighted by Gasteiger charge is -2.24. The van der Waals surface area contributed by atoms with Gasteiger partial charge in [0, 0.05) is 5.92 Å². The van der Waals surface area contributed by atoms with Gasteiger partial charge in [-0.05, 0) is 126 Å². The first-order chi connectivity index (χ1) is 17.7. The Morgan fingerprint density at radius 1 is 0.395 bits per heavy atom. The fourth-order valence-electron chi connectivity index (χ4n) is 4.58. The van der Waals surface area contributed by atoms with E-state index >= 15 is 0 Å². The Morgan fingerprint density at radius 2 is 0.737 bits per heavy atom. The van der Waals surface area contributed by atoms with Gasteiger partial charge < -0.3 is 14.2 Å². The van der Waals surface area contributed by atoms with Gasteiger partial charge in [-0.3, -0.25) is 0 Å². The van der Waals surface area contributed by atoms with Crippen molar-refractivity contribution in [2.45, 2.75) is 85.0 Å². The summed E-state index contributed by atoms with van der Waals surface area (Å²) < 4.78 is 18.3. The normalized spacial score (nSPS) is 12.6. The van der Waals surface area contributed by atoms with Crippen molar-refractivity contribution in [3.8, 4) is 17.2 Å². The summed E-state index contributed by atoms with van der Waals surface area (Å²) in [6.07, 6.45) is 0. The van der Waals surface area contributed by atoms with Gasteiger partial charge in [0.25, 0.3) is 0 Å². The zero-order chi connectivity index (χ0) is 27.7. The molecule has 0 amide bonds. The summed E-state index contributed by atoms with van der Waals surface area (Å²) in [4.78, 5) is 0. The first-order valence-electron chi connectivity index (χ1n) is 13.5. The third kappa shape index (κ3) is 7.54. The van der Waals surface area contributed by atoms with Crippen molar-refractivity contribution in [1.29, 1.82) is 0 Å². The molecule has 200 valence electrons. The molecule has 0 bridgehead atoms. The highest BCUT2D eigenvalue weighted by Gasteiger charge is 2.20. The number of ether oxygens (including phenoxy) is 3. The maximum Gasteiger partial charge on any atom is 0.120 e. The quantitative estimate of drug-likeness (QED) is 0.242. The maximum absolute atomic E-state index is 6.09. The smallest absolute Gasteiger partial charge is 0.120 e. The van der Waals surface area contributed by atoms with Crippen LogP contribution in [0.5, 0.6) is 17.2 Å². The molecule has 3 nitrogen and oxygen atoms in total. The lowest BCUT2D eigenvalue weighted by Crippen LogP contribution is -2.23. The first kappa shape index (κ1) is 27.6. The molecule has 0 spiro atoms. The fraction of sp³-hybridized carbons (Fsp3) is 0.371. The number of hydrogen-bond donors (Lipinski definition) is 0. The predicted molar refractivity (Wildman–Crippen MR) is 159 cm³/mol. The summed E-state index contributed by atoms with van der Waals surface area (Å²) in [5.41, 5.74) is 2.95. The molecule has 4 aromatic rings. The molecule has 4 aromatic carbocycles. The third-order valence-corrected chi connectivity index (χ3v) is 5.87. The molecule has 0 fully saturated rings. The molecule has 0 aliphatic heterocycles. The molecular weight excluding hydrogens is 468 g/mol. The molecule has 0 aliphatic carbocycles. The standard InChI is InChI=1S/C35H42O3/c1-33(2,3)36-29-17-12-24(13-18-29)32(25-14-19-30(20-15-25)37-34(4,5)6)28-11-10-27-23-31(38-35(7,8)9)21-16-26(27)22-28/h10-23,32H,1-9H3. The van der Waals surface area contributed by atoms with Gasteiger partial charge in [-0.15, -0.1) is 0 Å². The lowest BCUT2D eigenvalue weighted by atomic mass is 9.84. The predicted octanol–water partition coefficient (Wildman–Crippen LogP) is 9.55. The molecule has 0 aliphatic rings. The zero-order valence-corrected chi connectivity index (χ0v) is 24.4. The molecule has 0 unspecified atom stereocenters. The summed E-state index contributed by atoms with van der Waals surface area (Å²) in [5.74, 6) is 2.70. The van der Waals surface area contributed by atoms with Gasteiger partial charge in [0.1, 0.15) is 34.1 Å². The van der Waals surface area contributed by atoms with E-state index in [1.165, 1.54) is 22.1 Å². The van der Waals surface area contributed by atoms with Crippen LogP contribution in [0.25, 0.3) is 10.8 Å². The van der Waals surface area contributed by atoms with Crippen molar-refractivity contribution in [1.82, 2.24) is 0 Å². The average molecular weight is 511 g/mol. The second kappa shape index (κ2) is 10.4. The number of hydrogen-bond acceptors (Lipinski definition) is 3. The van der Waals surface area contributed by atoms with E-state index in [2.05, 4.69) is 147 Å². The Hall–Kier alpha value is -3.46. The van der Waals surface area contributed by atoms with Gasteiger partial charge in [0.2, 0.25) is 0 Å². The average Bonchev–Trinajstić information content (AvgIpc) is 2.78. The summed E-state index contributed by atoms with van der Waals surface area (Å²) >= 11 is 0. The first-order valence-corrected chi connectivity index (χ1v) is 13.5. The molecule has 0 saturated heterocycles. The minimum Gasteiger partial charge on any atom is -0.488 e. The number of benzene rings is 4. The monoisotopic (exact) mass is 510 g/mol. The van der Waals surface area contributed by atoms with Crippen LogP contribution >= 0.6 is 0 Å². The highest BCUT2D eigenvalue weighted by atomic mass is 16.5. The Balaban J connectivity index is 1.74. The van der Waals surface area contributed by atoms with E-state index in [4.69, 9.17) is 14.2 Å². The van der Waals surface area contributed by atoms with E-state index in [0.29, 0.717) is 0 Å². The second-order valence-corrected chi connectivity index (χ2v) is 13.0. The van der Waals surface area contributed by atoms with Gasteiger partial charge >= 0.3 is 0 Å². The van der Waals surface area contributed by atoms with E-state index in [0.717, 1.165) is 22.6 Å². The minimum atomic E-state index is -0.238. The van der Waals surface area contributed by atoms with E-state index in [1.807, 2.05) is 0 Å². The molecule has 4 rings (SSSR count). The molecular formula is C35H42O3. The third-order valence-electron chi connectivity index (χ3n) is 5.87. The fourth-order valence-corrected chi connectivity index (χ4v) is 4.58. The van der Waals surface area contributed by atoms with Gasteiger partial charge in [-0.1, -0.05) is 48.5 Å². The van der Waals surface area contributed by atoms with Crippen LogP contribution in [-0.2, 0) is 0 Å². The molecule has 0 atom stereocenters. The van der Waals surface area contributed by atoms with Gasteiger partial charge in [0.15, 0.2) is 0 Å². The van der Waals surface area contributed by atoms with Crippen LogP contribution in [0.3, 0.4) is 0 Å². The van der Waals surface area contributed by atoms with Crippen LogP contribution in [0.1, 0.15) is 84.9 Å². The van der Waals surface area contributed by atoms with Gasteiger partial charge in [-0.2, -0.15) is 0 Å². The van der Waals surface area contributed by atoms with Gasteiger partial charge in [0.05, 0.1) is 0 Å². The van der Waals surface area contributed by atoms with Crippen molar-refractivity contribution in [3.05, 3.63) is 102 Å². The Bertz CT molecular complexity index is 1300.